The number of hydrogen-bond donors (Lipinski definition) is 1. The van der Waals surface area contributed by atoms with Crippen LogP contribution in [0.25, 0.3) is 5.69 Å². The van der Waals surface area contributed by atoms with Gasteiger partial charge in [-0.2, -0.15) is 4.98 Å². The van der Waals surface area contributed by atoms with E-state index >= 15 is 0 Å². The highest BCUT2D eigenvalue weighted by Gasteiger charge is 2.26. The zero-order valence-electron chi connectivity index (χ0n) is 17.9. The summed E-state index contributed by atoms with van der Waals surface area (Å²) < 4.78 is 18.7. The van der Waals surface area contributed by atoms with E-state index in [9.17, 15) is 4.79 Å². The normalized spacial score (nSPS) is 14.1. The first-order chi connectivity index (χ1) is 14.3. The fraction of sp³-hybridized carbons (Fsp3) is 0.409. The molecule has 1 atom stereocenters. The minimum Gasteiger partial charge on any atom is -0.486 e. The first-order valence-corrected chi connectivity index (χ1v) is 10.0. The predicted molar refractivity (Wildman–Crippen MR) is 110 cm³/mol. The maximum absolute atomic E-state index is 13.1. The highest BCUT2D eigenvalue weighted by molar-refractivity contribution is 5.96. The molecular formula is C22H26N4O4. The Hall–Kier alpha value is -3.29. The average molecular weight is 410 g/mol. The van der Waals surface area contributed by atoms with Gasteiger partial charge in [0.1, 0.15) is 19.3 Å². The SMILES string of the molecule is Cc1noc(C(NC(=O)c2cc(C)n(-c3ccc4c(c3)OCCO4)c2C)C(C)C)n1. The smallest absolute Gasteiger partial charge is 0.253 e. The molecule has 1 amide bonds. The maximum Gasteiger partial charge on any atom is 0.253 e. The van der Waals surface area contributed by atoms with E-state index in [2.05, 4.69) is 15.5 Å². The largest absolute Gasteiger partial charge is 0.486 e. The zero-order chi connectivity index (χ0) is 21.4. The molecule has 1 aliphatic rings. The van der Waals surface area contributed by atoms with Crippen LogP contribution < -0.4 is 14.8 Å². The second kappa shape index (κ2) is 7.85. The first-order valence-electron chi connectivity index (χ1n) is 10.0. The van der Waals surface area contributed by atoms with Crippen molar-refractivity contribution in [3.63, 3.8) is 0 Å². The van der Waals surface area contributed by atoms with Gasteiger partial charge in [-0.1, -0.05) is 19.0 Å². The fourth-order valence-corrected chi connectivity index (χ4v) is 3.73. The van der Waals surface area contributed by atoms with Crippen molar-refractivity contribution in [1.82, 2.24) is 20.0 Å². The van der Waals surface area contributed by atoms with E-state index in [0.29, 0.717) is 36.2 Å². The summed E-state index contributed by atoms with van der Waals surface area (Å²) in [7, 11) is 0. The molecule has 1 aromatic carbocycles. The second-order valence-corrected chi connectivity index (χ2v) is 7.82. The number of ether oxygens (including phenoxy) is 2. The number of hydrogen-bond acceptors (Lipinski definition) is 6. The Balaban J connectivity index is 1.63. The summed E-state index contributed by atoms with van der Waals surface area (Å²) in [5.74, 6) is 2.32. The zero-order valence-corrected chi connectivity index (χ0v) is 17.9. The third-order valence-electron chi connectivity index (χ3n) is 5.22. The van der Waals surface area contributed by atoms with Crippen molar-refractivity contribution in [3.05, 3.63) is 52.9 Å². The Morgan fingerprint density at radius 3 is 2.50 bits per heavy atom. The number of fused-ring (bicyclic) bond motifs is 1. The number of rotatable bonds is 5. The molecule has 1 aliphatic heterocycles. The molecule has 0 saturated carbocycles. The Kier molecular flexibility index (Phi) is 5.24. The monoisotopic (exact) mass is 410 g/mol. The van der Waals surface area contributed by atoms with Gasteiger partial charge in [-0.3, -0.25) is 4.79 Å². The van der Waals surface area contributed by atoms with Gasteiger partial charge in [0.05, 0.1) is 5.56 Å². The lowest BCUT2D eigenvalue weighted by atomic mass is 10.0. The molecule has 0 fully saturated rings. The van der Waals surface area contributed by atoms with Gasteiger partial charge in [0, 0.05) is 23.1 Å². The summed E-state index contributed by atoms with van der Waals surface area (Å²) in [6.07, 6.45) is 0. The Morgan fingerprint density at radius 1 is 1.10 bits per heavy atom. The van der Waals surface area contributed by atoms with Crippen molar-refractivity contribution in [2.24, 2.45) is 5.92 Å². The number of carbonyl (C=O) groups is 1. The molecule has 0 spiro atoms. The van der Waals surface area contributed by atoms with E-state index in [-0.39, 0.29) is 17.9 Å². The molecule has 3 heterocycles. The third-order valence-corrected chi connectivity index (χ3v) is 5.22. The average Bonchev–Trinajstić information content (AvgIpc) is 3.28. The summed E-state index contributed by atoms with van der Waals surface area (Å²) in [6, 6.07) is 7.32. The van der Waals surface area contributed by atoms with E-state index in [1.54, 1.807) is 6.92 Å². The van der Waals surface area contributed by atoms with Gasteiger partial charge in [-0.15, -0.1) is 0 Å². The van der Waals surface area contributed by atoms with Gasteiger partial charge in [-0.25, -0.2) is 0 Å². The van der Waals surface area contributed by atoms with E-state index in [0.717, 1.165) is 22.8 Å². The Morgan fingerprint density at radius 2 is 1.83 bits per heavy atom. The number of aryl methyl sites for hydroxylation is 2. The highest BCUT2D eigenvalue weighted by Crippen LogP contribution is 2.33. The maximum atomic E-state index is 13.1. The van der Waals surface area contributed by atoms with Crippen molar-refractivity contribution in [2.45, 2.75) is 40.7 Å². The number of nitrogens with zero attached hydrogens (tertiary/aromatic N) is 3. The summed E-state index contributed by atoms with van der Waals surface area (Å²) in [5, 5.41) is 6.90. The van der Waals surface area contributed by atoms with Crippen LogP contribution in [0.1, 0.15) is 53.4 Å². The molecule has 3 aromatic rings. The van der Waals surface area contributed by atoms with Crippen molar-refractivity contribution >= 4 is 5.91 Å². The molecule has 1 N–H and O–H groups in total. The van der Waals surface area contributed by atoms with Crippen LogP contribution in [0.2, 0.25) is 0 Å². The van der Waals surface area contributed by atoms with Crippen LogP contribution in [0.5, 0.6) is 11.5 Å². The lowest BCUT2D eigenvalue weighted by Gasteiger charge is -2.20. The molecule has 0 radical (unpaired) electrons. The van der Waals surface area contributed by atoms with Crippen molar-refractivity contribution < 1.29 is 18.8 Å². The summed E-state index contributed by atoms with van der Waals surface area (Å²) in [4.78, 5) is 17.4. The first kappa shape index (κ1) is 20.0. The summed E-state index contributed by atoms with van der Waals surface area (Å²) in [5.41, 5.74) is 3.31. The minimum atomic E-state index is -0.365. The number of benzene rings is 1. The molecule has 30 heavy (non-hydrogen) atoms. The topological polar surface area (TPSA) is 91.4 Å². The molecule has 8 nitrogen and oxygen atoms in total. The van der Waals surface area contributed by atoms with Crippen LogP contribution in [0.15, 0.2) is 28.8 Å². The fourth-order valence-electron chi connectivity index (χ4n) is 3.73. The van der Waals surface area contributed by atoms with Gasteiger partial charge >= 0.3 is 0 Å². The molecule has 158 valence electrons. The van der Waals surface area contributed by atoms with Crippen LogP contribution in [0.4, 0.5) is 0 Å². The quantitative estimate of drug-likeness (QED) is 0.690. The van der Waals surface area contributed by atoms with Crippen LogP contribution in [-0.2, 0) is 0 Å². The Bertz CT molecular complexity index is 1080. The molecule has 0 saturated heterocycles. The summed E-state index contributed by atoms with van der Waals surface area (Å²) in [6.45, 7) is 10.7. The molecule has 1 unspecified atom stereocenters. The highest BCUT2D eigenvalue weighted by atomic mass is 16.6. The van der Waals surface area contributed by atoms with Crippen molar-refractivity contribution in [3.8, 4) is 17.2 Å². The van der Waals surface area contributed by atoms with Gasteiger partial charge in [0.15, 0.2) is 17.3 Å². The van der Waals surface area contributed by atoms with Gasteiger partial charge in [0.25, 0.3) is 5.91 Å². The lowest BCUT2D eigenvalue weighted by molar-refractivity contribution is 0.0913. The van der Waals surface area contributed by atoms with Crippen LogP contribution in [-0.4, -0.2) is 33.8 Å². The number of carbonyl (C=O) groups excluding carboxylic acids is 1. The molecule has 0 aliphatic carbocycles. The second-order valence-electron chi connectivity index (χ2n) is 7.82. The third kappa shape index (κ3) is 3.65. The molecular weight excluding hydrogens is 384 g/mol. The molecule has 4 rings (SSSR count). The minimum absolute atomic E-state index is 0.0927. The number of amides is 1. The molecule has 8 heteroatoms. The lowest BCUT2D eigenvalue weighted by Crippen LogP contribution is -2.32. The molecule has 0 bridgehead atoms. The van der Waals surface area contributed by atoms with E-state index in [1.165, 1.54) is 0 Å². The van der Waals surface area contributed by atoms with E-state index in [4.69, 9.17) is 14.0 Å². The van der Waals surface area contributed by atoms with E-state index < -0.39 is 0 Å². The van der Waals surface area contributed by atoms with Crippen LogP contribution in [0.3, 0.4) is 0 Å². The van der Waals surface area contributed by atoms with Crippen molar-refractivity contribution in [2.75, 3.05) is 13.2 Å². The van der Waals surface area contributed by atoms with Gasteiger partial charge in [0.2, 0.25) is 5.89 Å². The standard InChI is InChI=1S/C22H26N4O4/c1-12(2)20(22-23-15(5)25-30-22)24-21(27)17-10-13(3)26(14(17)4)16-6-7-18-19(11-16)29-9-8-28-18/h6-7,10-12,20H,8-9H2,1-5H3,(H,24,27). The summed E-state index contributed by atoms with van der Waals surface area (Å²) >= 11 is 0. The Labute approximate surface area is 175 Å². The molecule has 2 aromatic heterocycles. The number of nitrogens with one attached hydrogen (secondary N) is 1. The predicted octanol–water partition coefficient (Wildman–Crippen LogP) is 3.68. The number of aromatic nitrogens is 3. The van der Waals surface area contributed by atoms with Crippen LogP contribution in [0, 0.1) is 26.7 Å². The van der Waals surface area contributed by atoms with E-state index in [1.807, 2.05) is 56.5 Å². The van der Waals surface area contributed by atoms with Gasteiger partial charge < -0.3 is 23.9 Å². The van der Waals surface area contributed by atoms with Crippen LogP contribution >= 0.6 is 0 Å². The van der Waals surface area contributed by atoms with Gasteiger partial charge in [-0.05, 0) is 44.9 Å². The van der Waals surface area contributed by atoms with Crippen molar-refractivity contribution in [1.29, 1.82) is 0 Å².